The predicted octanol–water partition coefficient (Wildman–Crippen LogP) is 4.72. The molecule has 0 saturated carbocycles. The minimum absolute atomic E-state index is 0.000742. The van der Waals surface area contributed by atoms with E-state index in [2.05, 4.69) is 14.8 Å². The monoisotopic (exact) mass is 700 g/mol. The number of unbranched alkanes of at least 4 members (excludes halogenated alkanes) is 2. The number of hydrogen-bond acceptors (Lipinski definition) is 7. The van der Waals surface area contributed by atoms with Crippen LogP contribution in [0.5, 0.6) is 0 Å². The van der Waals surface area contributed by atoms with E-state index in [0.717, 1.165) is 41.2 Å². The molecule has 0 spiro atoms. The van der Waals surface area contributed by atoms with Gasteiger partial charge in [-0.05, 0) is 88.4 Å². The normalized spacial score (nSPS) is 23.3. The lowest BCUT2D eigenvalue weighted by Gasteiger charge is -2.37. The molecule has 258 valence electrons. The smallest absolute Gasteiger partial charge is 0.303 e. The van der Waals surface area contributed by atoms with E-state index < -0.39 is 37.0 Å². The molecule has 0 saturated heterocycles. The molecule has 1 aliphatic carbocycles. The van der Waals surface area contributed by atoms with Gasteiger partial charge in [-0.1, -0.05) is 6.08 Å². The van der Waals surface area contributed by atoms with Crippen molar-refractivity contribution in [1.82, 2.24) is 5.32 Å². The summed E-state index contributed by atoms with van der Waals surface area (Å²) in [6.45, 7) is 7.57. The molecule has 14 heteroatoms. The molecule has 5 rings (SSSR count). The second-order valence-corrected chi connectivity index (χ2v) is 15.8. The third-order valence-electron chi connectivity index (χ3n) is 9.72. The molecule has 2 aromatic rings. The number of benzene rings is 2. The quantitative estimate of drug-likeness (QED) is 0.130. The molecule has 2 atom stereocenters. The minimum Gasteiger partial charge on any atom is -0.481 e. The fourth-order valence-corrected chi connectivity index (χ4v) is 8.58. The number of carbonyl (C=O) groups excluding carboxylic acids is 1. The molecule has 2 heterocycles. The lowest BCUT2D eigenvalue weighted by Crippen LogP contribution is -2.41. The van der Waals surface area contributed by atoms with Crippen LogP contribution in [0.1, 0.15) is 76.8 Å². The number of fused-ring (bicyclic) bond motifs is 6. The Morgan fingerprint density at radius 3 is 2.21 bits per heavy atom. The molecule has 12 nitrogen and oxygen atoms in total. The van der Waals surface area contributed by atoms with Crippen molar-refractivity contribution < 1.29 is 45.2 Å². The van der Waals surface area contributed by atoms with Gasteiger partial charge in [0.1, 0.15) is 6.54 Å². The van der Waals surface area contributed by atoms with Gasteiger partial charge in [0.2, 0.25) is 11.6 Å². The molecule has 2 aliphatic heterocycles. The summed E-state index contributed by atoms with van der Waals surface area (Å²) in [5.74, 6) is -1.02. The molecule has 0 bridgehead atoms. The number of carboxylic acid groups (broad SMARTS) is 1. The van der Waals surface area contributed by atoms with Gasteiger partial charge in [-0.3, -0.25) is 18.7 Å². The molecule has 1 amide bonds. The highest BCUT2D eigenvalue weighted by atomic mass is 32.2. The molecule has 0 radical (unpaired) electrons. The highest BCUT2D eigenvalue weighted by Gasteiger charge is 2.56. The topological polar surface area (TPSA) is 181 Å². The van der Waals surface area contributed by atoms with Crippen molar-refractivity contribution in [3.05, 3.63) is 71.5 Å². The van der Waals surface area contributed by atoms with E-state index in [1.807, 2.05) is 39.0 Å². The van der Waals surface area contributed by atoms with Crippen molar-refractivity contribution >= 4 is 49.2 Å². The molecule has 0 fully saturated rings. The average Bonchev–Trinajstić information content (AvgIpc) is 3.36. The summed E-state index contributed by atoms with van der Waals surface area (Å²) in [7, 11) is -8.99. The van der Waals surface area contributed by atoms with Gasteiger partial charge in [0.25, 0.3) is 20.2 Å². The number of nitrogens with one attached hydrogen (secondary N) is 1. The number of rotatable bonds is 13. The first-order chi connectivity index (χ1) is 22.5. The van der Waals surface area contributed by atoms with Crippen molar-refractivity contribution in [3.8, 4) is 0 Å². The van der Waals surface area contributed by atoms with Crippen LogP contribution >= 0.6 is 0 Å². The summed E-state index contributed by atoms with van der Waals surface area (Å²) in [5, 5.41) is 11.5. The summed E-state index contributed by atoms with van der Waals surface area (Å²) >= 11 is 0. The minimum atomic E-state index is -4.51. The number of carboxylic acids is 1. The van der Waals surface area contributed by atoms with Gasteiger partial charge in [0.05, 0.1) is 15.2 Å². The zero-order valence-electron chi connectivity index (χ0n) is 27.3. The average molecular weight is 701 g/mol. The van der Waals surface area contributed by atoms with Crippen molar-refractivity contribution in [2.45, 2.75) is 86.3 Å². The first-order valence-corrected chi connectivity index (χ1v) is 18.9. The zero-order chi connectivity index (χ0) is 35.1. The van der Waals surface area contributed by atoms with Gasteiger partial charge in [-0.25, -0.2) is 0 Å². The van der Waals surface area contributed by atoms with Crippen LogP contribution in [0.15, 0.2) is 70.1 Å². The Balaban J connectivity index is 1.49. The van der Waals surface area contributed by atoms with Crippen LogP contribution in [0, 0.1) is 0 Å². The maximum absolute atomic E-state index is 12.3. The Morgan fingerprint density at radius 1 is 0.896 bits per heavy atom. The number of hydrogen-bond donors (Lipinski definition) is 4. The number of carbonyl (C=O) groups is 2. The highest BCUT2D eigenvalue weighted by molar-refractivity contribution is 7.86. The summed E-state index contributed by atoms with van der Waals surface area (Å²) in [5.41, 5.74) is 3.38. The molecule has 2 aromatic carbocycles. The van der Waals surface area contributed by atoms with E-state index >= 15 is 0 Å². The molecular formula is C34H42N3O9S2+. The Morgan fingerprint density at radius 2 is 1.56 bits per heavy atom. The summed E-state index contributed by atoms with van der Waals surface area (Å²) in [4.78, 5) is 24.6. The van der Waals surface area contributed by atoms with E-state index in [4.69, 9.17) is 5.11 Å². The molecule has 0 aromatic heterocycles. The van der Waals surface area contributed by atoms with Crippen molar-refractivity contribution in [1.29, 1.82) is 0 Å². The zero-order valence-corrected chi connectivity index (χ0v) is 28.9. The summed E-state index contributed by atoms with van der Waals surface area (Å²) in [6, 6.07) is 9.22. The van der Waals surface area contributed by atoms with E-state index in [1.54, 1.807) is 12.1 Å². The maximum Gasteiger partial charge on any atom is 0.303 e. The lowest BCUT2D eigenvalue weighted by molar-refractivity contribution is -0.438. The fourth-order valence-electron chi connectivity index (χ4n) is 7.56. The lowest BCUT2D eigenvalue weighted by atomic mass is 9.64. The van der Waals surface area contributed by atoms with Crippen LogP contribution in [-0.4, -0.2) is 72.8 Å². The molecular weight excluding hydrogens is 659 g/mol. The molecule has 48 heavy (non-hydrogen) atoms. The van der Waals surface area contributed by atoms with Gasteiger partial charge in [0, 0.05) is 66.9 Å². The van der Waals surface area contributed by atoms with E-state index in [-0.39, 0.29) is 22.1 Å². The first-order valence-electron chi connectivity index (χ1n) is 16.0. The Hall–Kier alpha value is -3.85. The van der Waals surface area contributed by atoms with Crippen LogP contribution < -0.4 is 10.2 Å². The van der Waals surface area contributed by atoms with Crippen LogP contribution in [0.2, 0.25) is 0 Å². The van der Waals surface area contributed by atoms with Gasteiger partial charge < -0.3 is 15.3 Å². The first kappa shape index (κ1) is 35.5. The van der Waals surface area contributed by atoms with Crippen molar-refractivity contribution in [3.63, 3.8) is 0 Å². The number of anilines is 1. The summed E-state index contributed by atoms with van der Waals surface area (Å²) in [6.07, 6.45) is 9.21. The van der Waals surface area contributed by atoms with E-state index in [9.17, 15) is 35.5 Å². The second-order valence-electron chi connectivity index (χ2n) is 13.0. The number of nitrogens with zero attached hydrogens (tertiary/aromatic N) is 2. The largest absolute Gasteiger partial charge is 0.481 e. The predicted molar refractivity (Wildman–Crippen MR) is 180 cm³/mol. The van der Waals surface area contributed by atoms with Crippen molar-refractivity contribution in [2.24, 2.45) is 0 Å². The second kappa shape index (κ2) is 13.2. The number of amides is 1. The molecule has 2 unspecified atom stereocenters. The SMILES string of the molecule is CCN1/C2=C/C=C/C3=[N+](CCCCCC(=O)NCCCC(=O)O)c4ccc(S(=O)(=O)O)cc4C3(C)CC2(C)c2cc(S(=O)(=O)O)ccc21. The molecule has 4 N–H and O–H groups in total. The molecule has 3 aliphatic rings. The number of likely N-dealkylation sites (N-methyl/N-ethyl adjacent to an activating group) is 1. The van der Waals surface area contributed by atoms with Crippen LogP contribution in [0.25, 0.3) is 0 Å². The highest BCUT2D eigenvalue weighted by Crippen LogP contribution is 2.57. The van der Waals surface area contributed by atoms with Crippen molar-refractivity contribution in [2.75, 3.05) is 24.5 Å². The van der Waals surface area contributed by atoms with E-state index in [1.165, 1.54) is 24.3 Å². The number of aliphatic carboxylic acids is 1. The Labute approximate surface area is 281 Å². The van der Waals surface area contributed by atoms with E-state index in [0.29, 0.717) is 50.9 Å². The third kappa shape index (κ3) is 6.71. The fraction of sp³-hybridized carbons (Fsp3) is 0.441. The Bertz CT molecular complexity index is 1970. The van der Waals surface area contributed by atoms with Gasteiger partial charge >= 0.3 is 5.97 Å². The van der Waals surface area contributed by atoms with Gasteiger partial charge in [-0.15, -0.1) is 0 Å². The van der Waals surface area contributed by atoms with Gasteiger partial charge in [-0.2, -0.15) is 21.4 Å². The number of allylic oxidation sites excluding steroid dienone is 4. The third-order valence-corrected chi connectivity index (χ3v) is 11.4. The van der Waals surface area contributed by atoms with Crippen LogP contribution in [0.4, 0.5) is 11.4 Å². The van der Waals surface area contributed by atoms with Gasteiger partial charge in [0.15, 0.2) is 5.71 Å². The van der Waals surface area contributed by atoms with Crippen LogP contribution in [-0.2, 0) is 40.7 Å². The summed E-state index contributed by atoms with van der Waals surface area (Å²) < 4.78 is 71.1. The standard InChI is InChI=1S/C34H41N3O9S2/c1-4-36-27-16-14-23(47(41,42)43)20-25(27)33(2)22-34(3)26-21-24(48(44,45)46)15-17-28(26)37(30(34)11-8-10-29(33)36)19-7-5-6-12-31(38)35-18-9-13-32(39)40/h8,10-11,14-17,20-21H,4-7,9,12-13,18-19,22H2,1-3H3,(H3-,35,38,39,40,41,42,43,44,45,46)/p+1. The maximum atomic E-state index is 12.3. The van der Waals surface area contributed by atoms with Crippen LogP contribution in [0.3, 0.4) is 0 Å². The Kier molecular flexibility index (Phi) is 9.77.